The first-order valence-corrected chi connectivity index (χ1v) is 12.1. The number of benzene rings is 2. The Bertz CT molecular complexity index is 1700. The zero-order valence-electron chi connectivity index (χ0n) is 18.4. The van der Waals surface area contributed by atoms with Gasteiger partial charge in [0.1, 0.15) is 17.8 Å². The average molecular weight is 492 g/mol. The number of nitrogens with zero attached hydrogens (tertiary/aromatic N) is 3. The van der Waals surface area contributed by atoms with Crippen LogP contribution >= 0.6 is 0 Å². The zero-order chi connectivity index (χ0) is 24.6. The highest BCUT2D eigenvalue weighted by Crippen LogP contribution is 2.31. The lowest BCUT2D eigenvalue weighted by Crippen LogP contribution is -2.18. The van der Waals surface area contributed by atoms with E-state index in [9.17, 15) is 17.6 Å². The molecule has 0 bridgehead atoms. The van der Waals surface area contributed by atoms with Crippen molar-refractivity contribution < 1.29 is 22.1 Å². The lowest BCUT2D eigenvalue weighted by molar-refractivity contribution is 0.413. The van der Waals surface area contributed by atoms with Gasteiger partial charge in [0.25, 0.3) is 5.56 Å². The summed E-state index contributed by atoms with van der Waals surface area (Å²) >= 11 is 0. The van der Waals surface area contributed by atoms with E-state index in [4.69, 9.17) is 9.26 Å². The van der Waals surface area contributed by atoms with Crippen LogP contribution in [-0.4, -0.2) is 30.2 Å². The number of hydrogen-bond donors (Lipinski definition) is 0. The van der Waals surface area contributed by atoms with Gasteiger partial charge in [-0.05, 0) is 54.1 Å². The molecule has 0 atom stereocenters. The molecule has 8 nitrogen and oxygen atoms in total. The van der Waals surface area contributed by atoms with Crippen LogP contribution in [0.5, 0.6) is 5.75 Å². The van der Waals surface area contributed by atoms with Crippen LogP contribution in [0.15, 0.2) is 93.4 Å². The number of aromatic nitrogens is 3. The third-order valence-corrected chi connectivity index (χ3v) is 7.18. The summed E-state index contributed by atoms with van der Waals surface area (Å²) in [6, 6.07) is 17.0. The largest absolute Gasteiger partial charge is 0.495 e. The Balaban J connectivity index is 1.65. The second-order valence-corrected chi connectivity index (χ2v) is 9.72. The predicted molar refractivity (Wildman–Crippen MR) is 127 cm³/mol. The van der Waals surface area contributed by atoms with Gasteiger partial charge >= 0.3 is 0 Å². The summed E-state index contributed by atoms with van der Waals surface area (Å²) in [6.07, 6.45) is 2.71. The zero-order valence-corrected chi connectivity index (χ0v) is 19.2. The van der Waals surface area contributed by atoms with Gasteiger partial charge in [0, 0.05) is 29.3 Å². The summed E-state index contributed by atoms with van der Waals surface area (Å²) in [5.41, 5.74) is 2.26. The summed E-state index contributed by atoms with van der Waals surface area (Å²) in [5, 5.41) is 4.22. The van der Waals surface area contributed by atoms with Crippen LogP contribution in [0.1, 0.15) is 5.69 Å². The predicted octanol–water partition coefficient (Wildman–Crippen LogP) is 4.16. The van der Waals surface area contributed by atoms with Gasteiger partial charge < -0.3 is 9.26 Å². The highest BCUT2D eigenvalue weighted by Gasteiger charge is 2.19. The molecule has 0 aliphatic carbocycles. The Morgan fingerprint density at radius 3 is 2.54 bits per heavy atom. The van der Waals surface area contributed by atoms with Crippen LogP contribution in [0.25, 0.3) is 27.7 Å². The van der Waals surface area contributed by atoms with Crippen LogP contribution in [0.4, 0.5) is 4.39 Å². The van der Waals surface area contributed by atoms with E-state index >= 15 is 0 Å². The van der Waals surface area contributed by atoms with Gasteiger partial charge in [0.15, 0.2) is 9.84 Å². The monoisotopic (exact) mass is 491 g/mol. The Morgan fingerprint density at radius 2 is 1.83 bits per heavy atom. The molecule has 0 fully saturated rings. The molecule has 0 radical (unpaired) electrons. The van der Waals surface area contributed by atoms with Crippen molar-refractivity contribution in [2.75, 3.05) is 7.11 Å². The molecule has 10 heteroatoms. The van der Waals surface area contributed by atoms with Crippen LogP contribution in [-0.2, 0) is 15.6 Å². The van der Waals surface area contributed by atoms with E-state index in [2.05, 4.69) is 10.1 Å². The summed E-state index contributed by atoms with van der Waals surface area (Å²) in [6.45, 7) is 0. The maximum absolute atomic E-state index is 13.3. The summed E-state index contributed by atoms with van der Waals surface area (Å²) in [5.74, 6) is -0.473. The molecule has 0 aliphatic rings. The van der Waals surface area contributed by atoms with Crippen LogP contribution in [0.2, 0.25) is 0 Å². The molecular formula is C25H18FN3O5S. The quantitative estimate of drug-likeness (QED) is 0.329. The van der Waals surface area contributed by atoms with Gasteiger partial charge in [-0.1, -0.05) is 11.2 Å². The minimum atomic E-state index is -3.69. The minimum absolute atomic E-state index is 0.0938. The van der Waals surface area contributed by atoms with Crippen molar-refractivity contribution in [3.05, 3.63) is 101 Å². The van der Waals surface area contributed by atoms with Gasteiger partial charge in [-0.2, -0.15) is 4.39 Å². The third kappa shape index (κ3) is 4.31. The van der Waals surface area contributed by atoms with Gasteiger partial charge in [-0.3, -0.25) is 9.36 Å². The molecule has 0 unspecified atom stereocenters. The molecular weight excluding hydrogens is 473 g/mol. The van der Waals surface area contributed by atoms with Crippen molar-refractivity contribution in [1.29, 1.82) is 0 Å². The smallest absolute Gasteiger partial charge is 0.255 e. The van der Waals surface area contributed by atoms with Crippen molar-refractivity contribution in [3.63, 3.8) is 0 Å². The lowest BCUT2D eigenvalue weighted by Gasteiger charge is -2.16. The number of hydrogen-bond acceptors (Lipinski definition) is 7. The lowest BCUT2D eigenvalue weighted by atomic mass is 10.1. The second kappa shape index (κ2) is 8.80. The Kier molecular flexibility index (Phi) is 5.65. The molecule has 3 heterocycles. The Labute approximate surface area is 199 Å². The van der Waals surface area contributed by atoms with Crippen molar-refractivity contribution in [3.8, 4) is 22.6 Å². The Morgan fingerprint density at radius 1 is 1.00 bits per heavy atom. The highest BCUT2D eigenvalue weighted by molar-refractivity contribution is 7.90. The minimum Gasteiger partial charge on any atom is -0.495 e. The summed E-state index contributed by atoms with van der Waals surface area (Å²) in [7, 11) is -2.20. The van der Waals surface area contributed by atoms with E-state index < -0.39 is 15.8 Å². The van der Waals surface area contributed by atoms with Crippen molar-refractivity contribution in [2.24, 2.45) is 0 Å². The number of ether oxygens (including phenoxy) is 1. The molecule has 0 saturated carbocycles. The SMILES string of the molecule is COc1ccc(-c2ccc(F)nc2)cc1-n1c(=O)ccc2cc(S(=O)(=O)Cc3ccon3)ccc21. The molecule has 0 aliphatic heterocycles. The van der Waals surface area contributed by atoms with E-state index in [1.165, 1.54) is 54.5 Å². The standard InChI is InChI=1S/C25H18FN3O5S/c1-33-23-7-2-16(18-3-8-24(26)27-14-18)13-22(23)29-21-6-5-20(12-17(21)4-9-25(29)30)35(31,32)15-19-10-11-34-28-19/h2-14H,15H2,1H3. The first-order chi connectivity index (χ1) is 16.9. The number of fused-ring (bicyclic) bond motifs is 1. The first-order valence-electron chi connectivity index (χ1n) is 10.4. The number of methoxy groups -OCH3 is 1. The highest BCUT2D eigenvalue weighted by atomic mass is 32.2. The second-order valence-electron chi connectivity index (χ2n) is 7.73. The van der Waals surface area contributed by atoms with E-state index in [-0.39, 0.29) is 16.2 Å². The summed E-state index contributed by atoms with van der Waals surface area (Å²) < 4.78 is 50.7. The molecule has 0 saturated heterocycles. The van der Waals surface area contributed by atoms with Crippen LogP contribution in [0, 0.1) is 5.95 Å². The topological polar surface area (TPSA) is 104 Å². The molecule has 0 amide bonds. The van der Waals surface area contributed by atoms with Crippen molar-refractivity contribution >= 4 is 20.7 Å². The molecule has 5 aromatic rings. The van der Waals surface area contributed by atoms with Gasteiger partial charge in [0.05, 0.1) is 28.9 Å². The average Bonchev–Trinajstić information content (AvgIpc) is 3.36. The third-order valence-electron chi connectivity index (χ3n) is 5.53. The molecule has 3 aromatic heterocycles. The molecule has 5 rings (SSSR count). The molecule has 0 spiro atoms. The van der Waals surface area contributed by atoms with Gasteiger partial charge in [-0.15, -0.1) is 0 Å². The van der Waals surface area contributed by atoms with Gasteiger partial charge in [0.2, 0.25) is 5.95 Å². The number of rotatable bonds is 6. The normalized spacial score (nSPS) is 11.6. The molecule has 2 aromatic carbocycles. The van der Waals surface area contributed by atoms with Gasteiger partial charge in [-0.25, -0.2) is 13.4 Å². The fourth-order valence-electron chi connectivity index (χ4n) is 3.85. The van der Waals surface area contributed by atoms with Crippen LogP contribution in [0.3, 0.4) is 0 Å². The Hall–Kier alpha value is -4.31. The fraction of sp³-hybridized carbons (Fsp3) is 0.0800. The fourth-order valence-corrected chi connectivity index (χ4v) is 5.13. The van der Waals surface area contributed by atoms with E-state index in [0.29, 0.717) is 39.2 Å². The van der Waals surface area contributed by atoms with Crippen molar-refractivity contribution in [2.45, 2.75) is 10.6 Å². The number of pyridine rings is 2. The maximum atomic E-state index is 13.3. The molecule has 0 N–H and O–H groups in total. The maximum Gasteiger partial charge on any atom is 0.255 e. The van der Waals surface area contributed by atoms with E-state index in [1.54, 1.807) is 36.4 Å². The molecule has 176 valence electrons. The van der Waals surface area contributed by atoms with Crippen molar-refractivity contribution in [1.82, 2.24) is 14.7 Å². The van der Waals surface area contributed by atoms with E-state index in [0.717, 1.165) is 0 Å². The summed E-state index contributed by atoms with van der Waals surface area (Å²) in [4.78, 5) is 16.8. The number of sulfone groups is 1. The number of halogens is 1. The van der Waals surface area contributed by atoms with E-state index in [1.807, 2.05) is 0 Å². The molecule has 35 heavy (non-hydrogen) atoms. The van der Waals surface area contributed by atoms with Crippen LogP contribution < -0.4 is 10.3 Å². The first kappa shape index (κ1) is 22.5.